The van der Waals surface area contributed by atoms with Crippen molar-refractivity contribution in [1.82, 2.24) is 9.55 Å². The molecule has 2 heterocycles. The Labute approximate surface area is 169 Å². The van der Waals surface area contributed by atoms with Crippen LogP contribution in [0, 0.1) is 0 Å². The largest absolute Gasteiger partial charge is 0.458 e. The Hall–Kier alpha value is -3.54. The van der Waals surface area contributed by atoms with Crippen LogP contribution in [0.4, 0.5) is 0 Å². The third-order valence-corrected chi connectivity index (χ3v) is 4.78. The first kappa shape index (κ1) is 18.8. The first-order chi connectivity index (χ1) is 14.2. The van der Waals surface area contributed by atoms with E-state index in [1.54, 1.807) is 6.20 Å². The van der Waals surface area contributed by atoms with Crippen LogP contribution < -0.4 is 9.47 Å². The van der Waals surface area contributed by atoms with Crippen LogP contribution in [0.2, 0.25) is 0 Å². The summed E-state index contributed by atoms with van der Waals surface area (Å²) in [5, 5.41) is 13.6. The maximum absolute atomic E-state index is 9.31. The molecule has 1 N–H and O–H groups in total. The van der Waals surface area contributed by atoms with Crippen LogP contribution in [0.25, 0.3) is 11.0 Å². The molecule has 29 heavy (non-hydrogen) atoms. The number of fused-ring (bicyclic) bond motifs is 1. The predicted molar refractivity (Wildman–Crippen MR) is 112 cm³/mol. The van der Waals surface area contributed by atoms with Crippen molar-refractivity contribution >= 4 is 16.9 Å². The molecule has 1 aliphatic carbocycles. The number of benzene rings is 1. The highest BCUT2D eigenvalue weighted by molar-refractivity contribution is 5.81. The lowest BCUT2D eigenvalue weighted by molar-refractivity contribution is 0.300. The summed E-state index contributed by atoms with van der Waals surface area (Å²) < 4.78 is 13.5. The van der Waals surface area contributed by atoms with Gasteiger partial charge in [0.15, 0.2) is 0 Å². The van der Waals surface area contributed by atoms with E-state index in [4.69, 9.17) is 9.47 Å². The zero-order valence-electron chi connectivity index (χ0n) is 16.3. The topological polar surface area (TPSA) is 68.9 Å². The molecule has 0 bridgehead atoms. The molecule has 0 aliphatic heterocycles. The lowest BCUT2D eigenvalue weighted by Crippen LogP contribution is -2.10. The molecule has 1 aliphatic rings. The fourth-order valence-corrected chi connectivity index (χ4v) is 3.22. The lowest BCUT2D eigenvalue weighted by atomic mass is 10.1. The number of nitrogens with zero attached hydrogens (tertiary/aromatic N) is 3. The molecular weight excluding hydrogens is 366 g/mol. The van der Waals surface area contributed by atoms with Gasteiger partial charge in [0.2, 0.25) is 5.90 Å². The minimum absolute atomic E-state index is 0.250. The molecule has 0 saturated heterocycles. The van der Waals surface area contributed by atoms with Gasteiger partial charge < -0.3 is 19.2 Å². The molecule has 1 aromatic carbocycles. The van der Waals surface area contributed by atoms with E-state index in [1.807, 2.05) is 60.3 Å². The standard InChI is InChI=1S/C23H23N3O3/c1-26-14-13-18-15-21(16-24-23(18)26)29-22(25-27)12-9-17-7-10-20(11-8-17)28-19-5-3-2-4-6-19/h3,5-8,10-11,13-16,27H,2,4,9,12H2,1H3/b25-22+. The second-order valence-corrected chi connectivity index (χ2v) is 6.94. The molecule has 6 nitrogen and oxygen atoms in total. The van der Waals surface area contributed by atoms with E-state index < -0.39 is 0 Å². The number of ether oxygens (including phenoxy) is 2. The molecule has 0 atom stereocenters. The summed E-state index contributed by atoms with van der Waals surface area (Å²) in [7, 11) is 1.94. The summed E-state index contributed by atoms with van der Waals surface area (Å²) in [4.78, 5) is 4.38. The smallest absolute Gasteiger partial charge is 0.231 e. The Balaban J connectivity index is 1.34. The number of aromatic nitrogens is 2. The minimum Gasteiger partial charge on any atom is -0.458 e. The van der Waals surface area contributed by atoms with Gasteiger partial charge in [-0.2, -0.15) is 0 Å². The maximum Gasteiger partial charge on any atom is 0.231 e. The van der Waals surface area contributed by atoms with E-state index in [0.717, 1.165) is 40.9 Å². The Morgan fingerprint density at radius 3 is 2.79 bits per heavy atom. The Morgan fingerprint density at radius 1 is 1.17 bits per heavy atom. The van der Waals surface area contributed by atoms with E-state index in [-0.39, 0.29) is 5.90 Å². The quantitative estimate of drug-likeness (QED) is 0.279. The lowest BCUT2D eigenvalue weighted by Gasteiger charge is -2.10. The summed E-state index contributed by atoms with van der Waals surface area (Å²) in [6.45, 7) is 0. The van der Waals surface area contributed by atoms with Crippen LogP contribution in [-0.4, -0.2) is 20.7 Å². The molecule has 0 amide bonds. The Morgan fingerprint density at radius 2 is 2.03 bits per heavy atom. The number of allylic oxidation sites excluding steroid dienone is 3. The van der Waals surface area contributed by atoms with Crippen molar-refractivity contribution in [1.29, 1.82) is 0 Å². The van der Waals surface area contributed by atoms with E-state index in [9.17, 15) is 5.21 Å². The molecule has 0 spiro atoms. The van der Waals surface area contributed by atoms with Crippen molar-refractivity contribution in [2.75, 3.05) is 0 Å². The molecule has 6 heteroatoms. The number of aryl methyl sites for hydroxylation is 2. The van der Waals surface area contributed by atoms with Gasteiger partial charge >= 0.3 is 0 Å². The molecule has 0 radical (unpaired) electrons. The highest BCUT2D eigenvalue weighted by atomic mass is 16.5. The van der Waals surface area contributed by atoms with Crippen molar-refractivity contribution in [3.8, 4) is 11.5 Å². The third kappa shape index (κ3) is 4.66. The minimum atomic E-state index is 0.250. The highest BCUT2D eigenvalue weighted by Crippen LogP contribution is 2.21. The van der Waals surface area contributed by atoms with Gasteiger partial charge in [0.1, 0.15) is 22.9 Å². The normalized spacial score (nSPS) is 14.1. The fourth-order valence-electron chi connectivity index (χ4n) is 3.22. The molecule has 148 valence electrons. The second-order valence-electron chi connectivity index (χ2n) is 6.94. The summed E-state index contributed by atoms with van der Waals surface area (Å²) in [5.74, 6) is 2.49. The van der Waals surface area contributed by atoms with E-state index in [0.29, 0.717) is 18.6 Å². The third-order valence-electron chi connectivity index (χ3n) is 4.78. The number of pyridine rings is 1. The summed E-state index contributed by atoms with van der Waals surface area (Å²) in [5.41, 5.74) is 1.98. The zero-order chi connectivity index (χ0) is 20.1. The van der Waals surface area contributed by atoms with Crippen LogP contribution in [0.3, 0.4) is 0 Å². The van der Waals surface area contributed by atoms with Crippen LogP contribution >= 0.6 is 0 Å². The monoisotopic (exact) mass is 389 g/mol. The first-order valence-corrected chi connectivity index (χ1v) is 9.64. The van der Waals surface area contributed by atoms with E-state index in [1.165, 1.54) is 0 Å². The predicted octanol–water partition coefficient (Wildman–Crippen LogP) is 4.99. The fraction of sp³-hybridized carbons (Fsp3) is 0.217. The van der Waals surface area contributed by atoms with Gasteiger partial charge in [-0.25, -0.2) is 4.98 Å². The SMILES string of the molecule is Cn1ccc2cc(O/C(CCc3ccc(OC4=CCCC=C4)cc3)=N/O)cnc21. The van der Waals surface area contributed by atoms with Gasteiger partial charge in [-0.15, -0.1) is 0 Å². The van der Waals surface area contributed by atoms with Crippen molar-refractivity contribution in [3.05, 3.63) is 78.3 Å². The second kappa shape index (κ2) is 8.65. The molecule has 0 unspecified atom stereocenters. The van der Waals surface area contributed by atoms with Gasteiger partial charge in [0.05, 0.1) is 6.20 Å². The number of rotatable bonds is 6. The molecule has 2 aromatic heterocycles. The van der Waals surface area contributed by atoms with Crippen molar-refractivity contribution in [2.24, 2.45) is 12.2 Å². The van der Waals surface area contributed by atoms with Gasteiger partial charge in [-0.1, -0.05) is 23.4 Å². The van der Waals surface area contributed by atoms with E-state index in [2.05, 4.69) is 22.3 Å². The molecular formula is C23H23N3O3. The first-order valence-electron chi connectivity index (χ1n) is 9.64. The van der Waals surface area contributed by atoms with Crippen molar-refractivity contribution < 1.29 is 14.7 Å². The average molecular weight is 389 g/mol. The molecule has 0 saturated carbocycles. The average Bonchev–Trinajstić information content (AvgIpc) is 3.13. The maximum atomic E-state index is 9.31. The van der Waals surface area contributed by atoms with Crippen LogP contribution in [-0.2, 0) is 13.5 Å². The number of oxime groups is 1. The highest BCUT2D eigenvalue weighted by Gasteiger charge is 2.08. The van der Waals surface area contributed by atoms with Crippen LogP contribution in [0.5, 0.6) is 11.5 Å². The van der Waals surface area contributed by atoms with Gasteiger partial charge in [-0.3, -0.25) is 0 Å². The van der Waals surface area contributed by atoms with Gasteiger partial charge in [-0.05, 0) is 61.2 Å². The van der Waals surface area contributed by atoms with Gasteiger partial charge in [0, 0.05) is 25.1 Å². The summed E-state index contributed by atoms with van der Waals surface area (Å²) in [6.07, 6.45) is 13.0. The summed E-state index contributed by atoms with van der Waals surface area (Å²) in [6, 6.07) is 11.8. The Bertz CT molecular complexity index is 1080. The van der Waals surface area contributed by atoms with Crippen LogP contribution in [0.1, 0.15) is 24.8 Å². The number of hydrogen-bond acceptors (Lipinski definition) is 5. The molecule has 3 aromatic rings. The van der Waals surface area contributed by atoms with E-state index >= 15 is 0 Å². The molecule has 4 rings (SSSR count). The van der Waals surface area contributed by atoms with Crippen LogP contribution in [0.15, 0.2) is 77.9 Å². The summed E-state index contributed by atoms with van der Waals surface area (Å²) >= 11 is 0. The van der Waals surface area contributed by atoms with Crippen molar-refractivity contribution in [3.63, 3.8) is 0 Å². The van der Waals surface area contributed by atoms with Crippen molar-refractivity contribution in [2.45, 2.75) is 25.7 Å². The molecule has 0 fully saturated rings. The number of hydrogen-bond donors (Lipinski definition) is 1. The Kier molecular flexibility index (Phi) is 5.61. The van der Waals surface area contributed by atoms with Gasteiger partial charge in [0.25, 0.3) is 0 Å². The zero-order valence-corrected chi connectivity index (χ0v) is 16.3.